The number of hydrogen-bond acceptors (Lipinski definition) is 1. The van der Waals surface area contributed by atoms with Crippen LogP contribution in [0.2, 0.25) is 0 Å². The molecular formula is C9H6F3N2. The van der Waals surface area contributed by atoms with Gasteiger partial charge in [-0.05, 0) is 18.6 Å². The highest BCUT2D eigenvalue weighted by Crippen LogP contribution is 2.29. The molecule has 1 heterocycles. The topological polar surface area (TPSA) is 28.7 Å². The molecule has 0 spiro atoms. The standard InChI is InChI=1S/C9H6F3N2/c1-5-3-2-4-6-7(5)14-8(13-6)9(10,11)12/h2-4H,1H2,(H,13,14). The maximum atomic E-state index is 12.2. The Balaban J connectivity index is 2.69. The Labute approximate surface area is 77.8 Å². The summed E-state index contributed by atoms with van der Waals surface area (Å²) in [5.41, 5.74) is 1.10. The van der Waals surface area contributed by atoms with E-state index >= 15 is 0 Å². The fourth-order valence-electron chi connectivity index (χ4n) is 1.23. The molecule has 2 rings (SSSR count). The summed E-state index contributed by atoms with van der Waals surface area (Å²) in [6.45, 7) is 3.59. The minimum absolute atomic E-state index is 0.264. The van der Waals surface area contributed by atoms with Crippen molar-refractivity contribution in [1.29, 1.82) is 0 Å². The van der Waals surface area contributed by atoms with Gasteiger partial charge in [0, 0.05) is 0 Å². The second kappa shape index (κ2) is 2.73. The molecule has 1 N–H and O–H groups in total. The molecule has 0 bridgehead atoms. The minimum atomic E-state index is -4.44. The zero-order chi connectivity index (χ0) is 10.3. The summed E-state index contributed by atoms with van der Waals surface area (Å²) in [6.07, 6.45) is -4.44. The molecule has 2 aromatic rings. The van der Waals surface area contributed by atoms with Crippen LogP contribution >= 0.6 is 0 Å². The van der Waals surface area contributed by atoms with E-state index in [0.717, 1.165) is 0 Å². The summed E-state index contributed by atoms with van der Waals surface area (Å²) in [6, 6.07) is 4.78. The van der Waals surface area contributed by atoms with E-state index in [1.54, 1.807) is 12.1 Å². The van der Waals surface area contributed by atoms with E-state index in [1.807, 2.05) is 0 Å². The van der Waals surface area contributed by atoms with Gasteiger partial charge >= 0.3 is 6.18 Å². The Hall–Kier alpha value is -1.52. The predicted molar refractivity (Wildman–Crippen MR) is 45.6 cm³/mol. The number of benzene rings is 1. The number of nitrogens with one attached hydrogen (secondary N) is 1. The second-order valence-corrected chi connectivity index (χ2v) is 2.90. The van der Waals surface area contributed by atoms with Crippen molar-refractivity contribution in [1.82, 2.24) is 9.97 Å². The predicted octanol–water partition coefficient (Wildman–Crippen LogP) is 2.76. The van der Waals surface area contributed by atoms with Crippen molar-refractivity contribution in [2.45, 2.75) is 6.18 Å². The maximum Gasteiger partial charge on any atom is 0.449 e. The number of halogens is 3. The first-order valence-electron chi connectivity index (χ1n) is 3.86. The van der Waals surface area contributed by atoms with Gasteiger partial charge in [-0.2, -0.15) is 13.2 Å². The fourth-order valence-corrected chi connectivity index (χ4v) is 1.23. The van der Waals surface area contributed by atoms with Gasteiger partial charge in [-0.3, -0.25) is 0 Å². The van der Waals surface area contributed by atoms with Gasteiger partial charge in [-0.25, -0.2) is 4.98 Å². The van der Waals surface area contributed by atoms with Crippen molar-refractivity contribution in [3.8, 4) is 0 Å². The molecule has 0 aliphatic carbocycles. The first-order chi connectivity index (χ1) is 6.48. The number of rotatable bonds is 0. The molecule has 0 fully saturated rings. The first-order valence-corrected chi connectivity index (χ1v) is 3.86. The zero-order valence-corrected chi connectivity index (χ0v) is 7.02. The maximum absolute atomic E-state index is 12.2. The van der Waals surface area contributed by atoms with E-state index in [2.05, 4.69) is 16.9 Å². The third kappa shape index (κ3) is 1.34. The summed E-state index contributed by atoms with van der Waals surface area (Å²) in [5.74, 6) is -0.983. The van der Waals surface area contributed by atoms with Crippen molar-refractivity contribution < 1.29 is 13.2 Å². The summed E-state index contributed by atoms with van der Waals surface area (Å²) in [5, 5.41) is 0. The molecule has 14 heavy (non-hydrogen) atoms. The molecule has 0 aliphatic heterocycles. The second-order valence-electron chi connectivity index (χ2n) is 2.90. The number of aromatic amines is 1. The Morgan fingerprint density at radius 2 is 2.00 bits per heavy atom. The summed E-state index contributed by atoms with van der Waals surface area (Å²) >= 11 is 0. The Morgan fingerprint density at radius 3 is 2.57 bits per heavy atom. The molecule has 0 aliphatic rings. The van der Waals surface area contributed by atoms with Gasteiger partial charge in [-0.1, -0.05) is 12.1 Å². The number of hydrogen-bond donors (Lipinski definition) is 1. The Morgan fingerprint density at radius 1 is 1.29 bits per heavy atom. The number of para-hydroxylation sites is 1. The summed E-state index contributed by atoms with van der Waals surface area (Å²) in [4.78, 5) is 5.64. The lowest BCUT2D eigenvalue weighted by Crippen LogP contribution is -2.06. The molecule has 5 heteroatoms. The molecule has 1 radical (unpaired) electrons. The number of alkyl halides is 3. The van der Waals surface area contributed by atoms with Crippen molar-refractivity contribution in [3.63, 3.8) is 0 Å². The van der Waals surface area contributed by atoms with Crippen LogP contribution in [0.5, 0.6) is 0 Å². The third-order valence-corrected chi connectivity index (χ3v) is 1.86. The van der Waals surface area contributed by atoms with E-state index in [-0.39, 0.29) is 5.52 Å². The molecule has 0 atom stereocenters. The highest BCUT2D eigenvalue weighted by molar-refractivity contribution is 5.79. The van der Waals surface area contributed by atoms with E-state index in [4.69, 9.17) is 0 Å². The smallest absolute Gasteiger partial charge is 0.334 e. The van der Waals surface area contributed by atoms with Gasteiger partial charge in [0.25, 0.3) is 0 Å². The van der Waals surface area contributed by atoms with E-state index < -0.39 is 12.0 Å². The van der Waals surface area contributed by atoms with Crippen molar-refractivity contribution in [3.05, 3.63) is 36.5 Å². The van der Waals surface area contributed by atoms with Crippen LogP contribution in [0, 0.1) is 6.92 Å². The van der Waals surface area contributed by atoms with E-state index in [9.17, 15) is 13.2 Å². The molecule has 73 valence electrons. The lowest BCUT2D eigenvalue weighted by Gasteiger charge is -1.98. The fraction of sp³-hybridized carbons (Fsp3) is 0.111. The highest BCUT2D eigenvalue weighted by Gasteiger charge is 2.34. The molecule has 0 saturated heterocycles. The normalized spacial score (nSPS) is 12.3. The summed E-state index contributed by atoms with van der Waals surface area (Å²) in [7, 11) is 0. The number of H-pyrrole nitrogens is 1. The average molecular weight is 199 g/mol. The van der Waals surface area contributed by atoms with Crippen LogP contribution < -0.4 is 0 Å². The van der Waals surface area contributed by atoms with Crippen LogP contribution in [0.15, 0.2) is 18.2 Å². The van der Waals surface area contributed by atoms with Gasteiger partial charge in [0.2, 0.25) is 5.82 Å². The SMILES string of the molecule is [CH2]c1cccc2[nH]c(C(F)(F)F)nc12. The molecule has 0 amide bonds. The highest BCUT2D eigenvalue weighted by atomic mass is 19.4. The number of imidazole rings is 1. The van der Waals surface area contributed by atoms with Crippen molar-refractivity contribution >= 4 is 11.0 Å². The first kappa shape index (κ1) is 9.05. The molecule has 0 saturated carbocycles. The molecule has 1 aromatic carbocycles. The van der Waals surface area contributed by atoms with Crippen molar-refractivity contribution in [2.75, 3.05) is 0 Å². The van der Waals surface area contributed by atoms with Gasteiger partial charge in [0.1, 0.15) is 0 Å². The molecule has 0 unspecified atom stereocenters. The number of nitrogens with zero attached hydrogens (tertiary/aromatic N) is 1. The van der Waals surface area contributed by atoms with E-state index in [1.165, 1.54) is 6.07 Å². The minimum Gasteiger partial charge on any atom is -0.334 e. The molecule has 2 nitrogen and oxygen atoms in total. The third-order valence-electron chi connectivity index (χ3n) is 1.86. The van der Waals surface area contributed by atoms with Crippen LogP contribution in [-0.4, -0.2) is 9.97 Å². The van der Waals surface area contributed by atoms with Crippen molar-refractivity contribution in [2.24, 2.45) is 0 Å². The molecular weight excluding hydrogens is 193 g/mol. The number of fused-ring (bicyclic) bond motifs is 1. The van der Waals surface area contributed by atoms with Gasteiger partial charge in [0.15, 0.2) is 0 Å². The van der Waals surface area contributed by atoms with Crippen LogP contribution in [0.4, 0.5) is 13.2 Å². The Kier molecular flexibility index (Phi) is 1.77. The lowest BCUT2D eigenvalue weighted by atomic mass is 10.2. The van der Waals surface area contributed by atoms with Crippen LogP contribution in [0.1, 0.15) is 11.4 Å². The Bertz CT molecular complexity index is 470. The average Bonchev–Trinajstić information content (AvgIpc) is 2.48. The molecule has 1 aromatic heterocycles. The van der Waals surface area contributed by atoms with E-state index in [0.29, 0.717) is 11.1 Å². The van der Waals surface area contributed by atoms with Crippen LogP contribution in [0.3, 0.4) is 0 Å². The zero-order valence-electron chi connectivity index (χ0n) is 7.02. The summed E-state index contributed by atoms with van der Waals surface area (Å²) < 4.78 is 36.7. The van der Waals surface area contributed by atoms with Crippen LogP contribution in [0.25, 0.3) is 11.0 Å². The van der Waals surface area contributed by atoms with Gasteiger partial charge in [-0.15, -0.1) is 0 Å². The monoisotopic (exact) mass is 199 g/mol. The van der Waals surface area contributed by atoms with Crippen LogP contribution in [-0.2, 0) is 6.18 Å². The number of aromatic nitrogens is 2. The largest absolute Gasteiger partial charge is 0.449 e. The van der Waals surface area contributed by atoms with Gasteiger partial charge < -0.3 is 4.98 Å². The van der Waals surface area contributed by atoms with Gasteiger partial charge in [0.05, 0.1) is 11.0 Å². The lowest BCUT2D eigenvalue weighted by molar-refractivity contribution is -0.144. The quantitative estimate of drug-likeness (QED) is 0.694.